The molecule has 2 aromatic rings. The Hall–Kier alpha value is -2.03. The Balaban J connectivity index is 1.63. The van der Waals surface area contributed by atoms with Gasteiger partial charge >= 0.3 is 0 Å². The molecule has 3 heteroatoms. The van der Waals surface area contributed by atoms with Gasteiger partial charge in [-0.1, -0.05) is 30.3 Å². The highest BCUT2D eigenvalue weighted by molar-refractivity contribution is 5.91. The molecule has 1 amide bonds. The fourth-order valence-electron chi connectivity index (χ4n) is 1.94. The van der Waals surface area contributed by atoms with Gasteiger partial charge in [0.25, 0.3) is 5.91 Å². The van der Waals surface area contributed by atoms with Crippen LogP contribution in [0.4, 0.5) is 0 Å². The van der Waals surface area contributed by atoms with Gasteiger partial charge in [0, 0.05) is 6.54 Å². The maximum atomic E-state index is 11.7. The monoisotopic (exact) mass is 257 g/mol. The van der Waals surface area contributed by atoms with Crippen LogP contribution in [0, 0.1) is 6.92 Å². The second-order valence-corrected chi connectivity index (χ2v) is 4.61. The van der Waals surface area contributed by atoms with Crippen molar-refractivity contribution in [1.82, 2.24) is 5.32 Å². The van der Waals surface area contributed by atoms with E-state index in [9.17, 15) is 4.79 Å². The SMILES string of the molecule is Cc1ccc(C(=O)NCCCCc2ccccc2)o1. The number of unbranched alkanes of at least 4 members (excludes halogenated alkanes) is 1. The maximum absolute atomic E-state index is 11.7. The van der Waals surface area contributed by atoms with Gasteiger partial charge in [-0.2, -0.15) is 0 Å². The number of carbonyl (C=O) groups excluding carboxylic acids is 1. The highest BCUT2D eigenvalue weighted by Gasteiger charge is 2.08. The Morgan fingerprint density at radius 1 is 1.11 bits per heavy atom. The molecular weight excluding hydrogens is 238 g/mol. The van der Waals surface area contributed by atoms with Crippen molar-refractivity contribution in [3.05, 3.63) is 59.5 Å². The van der Waals surface area contributed by atoms with Gasteiger partial charge < -0.3 is 9.73 Å². The molecule has 2 rings (SSSR count). The van der Waals surface area contributed by atoms with E-state index in [0.717, 1.165) is 25.0 Å². The van der Waals surface area contributed by atoms with Crippen LogP contribution in [0.5, 0.6) is 0 Å². The molecule has 1 heterocycles. The molecule has 0 fully saturated rings. The van der Waals surface area contributed by atoms with Crippen LogP contribution in [0.2, 0.25) is 0 Å². The first-order valence-corrected chi connectivity index (χ1v) is 6.64. The average Bonchev–Trinajstić information content (AvgIpc) is 2.86. The molecule has 0 aliphatic rings. The molecule has 0 unspecified atom stereocenters. The summed E-state index contributed by atoms with van der Waals surface area (Å²) in [5, 5.41) is 2.87. The van der Waals surface area contributed by atoms with E-state index in [0.29, 0.717) is 12.3 Å². The first-order chi connectivity index (χ1) is 9.25. The first kappa shape index (κ1) is 13.4. The molecule has 100 valence electrons. The molecule has 0 saturated carbocycles. The Morgan fingerprint density at radius 2 is 1.89 bits per heavy atom. The van der Waals surface area contributed by atoms with E-state index in [-0.39, 0.29) is 5.91 Å². The van der Waals surface area contributed by atoms with Gasteiger partial charge in [-0.25, -0.2) is 0 Å². The summed E-state index contributed by atoms with van der Waals surface area (Å²) in [6, 6.07) is 13.9. The minimum atomic E-state index is -0.132. The van der Waals surface area contributed by atoms with E-state index in [1.54, 1.807) is 12.1 Å². The quantitative estimate of drug-likeness (QED) is 0.806. The van der Waals surface area contributed by atoms with Crippen LogP contribution in [0.1, 0.15) is 34.7 Å². The van der Waals surface area contributed by atoms with Gasteiger partial charge in [-0.3, -0.25) is 4.79 Å². The summed E-state index contributed by atoms with van der Waals surface area (Å²) in [7, 11) is 0. The molecule has 0 spiro atoms. The Kier molecular flexibility index (Phi) is 4.78. The third kappa shape index (κ3) is 4.28. The predicted molar refractivity (Wildman–Crippen MR) is 75.2 cm³/mol. The number of nitrogens with one attached hydrogen (secondary N) is 1. The number of rotatable bonds is 6. The van der Waals surface area contributed by atoms with Crippen LogP contribution in [0.25, 0.3) is 0 Å². The zero-order chi connectivity index (χ0) is 13.5. The molecule has 19 heavy (non-hydrogen) atoms. The summed E-state index contributed by atoms with van der Waals surface area (Å²) in [5.74, 6) is 1.02. The summed E-state index contributed by atoms with van der Waals surface area (Å²) in [6.07, 6.45) is 3.10. The molecule has 3 nitrogen and oxygen atoms in total. The summed E-state index contributed by atoms with van der Waals surface area (Å²) in [4.78, 5) is 11.7. The molecule has 0 aliphatic carbocycles. The topological polar surface area (TPSA) is 42.2 Å². The van der Waals surface area contributed by atoms with E-state index in [1.165, 1.54) is 5.56 Å². The normalized spacial score (nSPS) is 10.4. The van der Waals surface area contributed by atoms with Gasteiger partial charge in [0.1, 0.15) is 5.76 Å². The molecule has 0 radical (unpaired) electrons. The van der Waals surface area contributed by atoms with Crippen LogP contribution in [-0.2, 0) is 6.42 Å². The van der Waals surface area contributed by atoms with Gasteiger partial charge in [0.15, 0.2) is 5.76 Å². The highest BCUT2D eigenvalue weighted by atomic mass is 16.3. The molecular formula is C16H19NO2. The van der Waals surface area contributed by atoms with Crippen molar-refractivity contribution < 1.29 is 9.21 Å². The van der Waals surface area contributed by atoms with E-state index < -0.39 is 0 Å². The molecule has 1 aromatic carbocycles. The number of carbonyl (C=O) groups is 1. The van der Waals surface area contributed by atoms with Gasteiger partial charge in [0.2, 0.25) is 0 Å². The van der Waals surface area contributed by atoms with E-state index in [1.807, 2.05) is 13.0 Å². The second kappa shape index (κ2) is 6.78. The number of furan rings is 1. The van der Waals surface area contributed by atoms with E-state index >= 15 is 0 Å². The Morgan fingerprint density at radius 3 is 2.58 bits per heavy atom. The van der Waals surface area contributed by atoms with Crippen molar-refractivity contribution in [3.63, 3.8) is 0 Å². The van der Waals surface area contributed by atoms with Crippen LogP contribution >= 0.6 is 0 Å². The standard InChI is InChI=1S/C16H19NO2/c1-13-10-11-15(19-13)16(18)17-12-6-5-9-14-7-3-2-4-8-14/h2-4,7-8,10-11H,5-6,9,12H2,1H3,(H,17,18). The lowest BCUT2D eigenvalue weighted by Gasteiger charge is -2.03. The summed E-state index contributed by atoms with van der Waals surface area (Å²) >= 11 is 0. The lowest BCUT2D eigenvalue weighted by molar-refractivity contribution is 0.0924. The van der Waals surface area contributed by atoms with Crippen molar-refractivity contribution in [2.75, 3.05) is 6.54 Å². The maximum Gasteiger partial charge on any atom is 0.286 e. The van der Waals surface area contributed by atoms with Crippen LogP contribution < -0.4 is 5.32 Å². The van der Waals surface area contributed by atoms with E-state index in [2.05, 4.69) is 29.6 Å². The molecule has 0 atom stereocenters. The van der Waals surface area contributed by atoms with Crippen LogP contribution in [-0.4, -0.2) is 12.5 Å². The second-order valence-electron chi connectivity index (χ2n) is 4.61. The summed E-state index contributed by atoms with van der Waals surface area (Å²) < 4.78 is 5.26. The number of amides is 1. The molecule has 0 saturated heterocycles. The summed E-state index contributed by atoms with van der Waals surface area (Å²) in [6.45, 7) is 2.52. The predicted octanol–water partition coefficient (Wildman–Crippen LogP) is 3.34. The lowest BCUT2D eigenvalue weighted by atomic mass is 10.1. The first-order valence-electron chi connectivity index (χ1n) is 6.64. The Labute approximate surface area is 113 Å². The zero-order valence-corrected chi connectivity index (χ0v) is 11.2. The molecule has 1 aromatic heterocycles. The van der Waals surface area contributed by atoms with Crippen molar-refractivity contribution in [3.8, 4) is 0 Å². The smallest absolute Gasteiger partial charge is 0.286 e. The van der Waals surface area contributed by atoms with Crippen LogP contribution in [0.3, 0.4) is 0 Å². The largest absolute Gasteiger partial charge is 0.456 e. The Bertz CT molecular complexity index is 517. The van der Waals surface area contributed by atoms with Gasteiger partial charge in [0.05, 0.1) is 0 Å². The number of benzene rings is 1. The fraction of sp³-hybridized carbons (Fsp3) is 0.312. The molecule has 0 aliphatic heterocycles. The molecule has 0 bridgehead atoms. The third-order valence-electron chi connectivity index (χ3n) is 2.98. The van der Waals surface area contributed by atoms with Gasteiger partial charge in [-0.15, -0.1) is 0 Å². The zero-order valence-electron chi connectivity index (χ0n) is 11.2. The van der Waals surface area contributed by atoms with Crippen molar-refractivity contribution >= 4 is 5.91 Å². The number of hydrogen-bond acceptors (Lipinski definition) is 2. The highest BCUT2D eigenvalue weighted by Crippen LogP contribution is 2.06. The fourth-order valence-corrected chi connectivity index (χ4v) is 1.94. The minimum Gasteiger partial charge on any atom is -0.456 e. The van der Waals surface area contributed by atoms with Gasteiger partial charge in [-0.05, 0) is 43.9 Å². The van der Waals surface area contributed by atoms with E-state index in [4.69, 9.17) is 4.42 Å². The number of hydrogen-bond donors (Lipinski definition) is 1. The summed E-state index contributed by atoms with van der Waals surface area (Å²) in [5.41, 5.74) is 1.34. The van der Waals surface area contributed by atoms with Crippen LogP contribution in [0.15, 0.2) is 46.9 Å². The lowest BCUT2D eigenvalue weighted by Crippen LogP contribution is -2.23. The van der Waals surface area contributed by atoms with Crippen molar-refractivity contribution in [1.29, 1.82) is 0 Å². The van der Waals surface area contributed by atoms with Crippen molar-refractivity contribution in [2.45, 2.75) is 26.2 Å². The molecule has 1 N–H and O–H groups in total. The third-order valence-corrected chi connectivity index (χ3v) is 2.98. The number of aryl methyl sites for hydroxylation is 2. The minimum absolute atomic E-state index is 0.132. The van der Waals surface area contributed by atoms with Crippen molar-refractivity contribution in [2.24, 2.45) is 0 Å². The average molecular weight is 257 g/mol.